The largest absolute Gasteiger partial charge is 0.486 e. The SMILES string of the molecule is CC1(c2ccc3c(c2)OCCO3)NC(=O)N(CC(O)COCc2ccccc2Cl)C1=O. The fourth-order valence-corrected chi connectivity index (χ4v) is 3.79. The van der Waals surface area contributed by atoms with E-state index in [9.17, 15) is 14.7 Å². The Hall–Kier alpha value is -2.81. The lowest BCUT2D eigenvalue weighted by Gasteiger charge is -2.25. The van der Waals surface area contributed by atoms with Crippen LogP contribution in [0.5, 0.6) is 11.5 Å². The highest BCUT2D eigenvalue weighted by Gasteiger charge is 2.49. The molecule has 164 valence electrons. The monoisotopic (exact) mass is 446 g/mol. The van der Waals surface area contributed by atoms with Crippen molar-refractivity contribution >= 4 is 23.5 Å². The van der Waals surface area contributed by atoms with E-state index < -0.39 is 23.6 Å². The van der Waals surface area contributed by atoms with E-state index in [1.807, 2.05) is 18.2 Å². The van der Waals surface area contributed by atoms with Crippen LogP contribution in [0.3, 0.4) is 0 Å². The Bertz CT molecular complexity index is 1000. The van der Waals surface area contributed by atoms with Gasteiger partial charge in [-0.1, -0.05) is 35.9 Å². The molecule has 2 aliphatic heterocycles. The minimum absolute atomic E-state index is 0.0526. The molecule has 4 rings (SSSR count). The van der Waals surface area contributed by atoms with Crippen LogP contribution >= 0.6 is 11.6 Å². The molecule has 0 bridgehead atoms. The van der Waals surface area contributed by atoms with Gasteiger partial charge in [0.1, 0.15) is 18.8 Å². The Morgan fingerprint density at radius 1 is 1.19 bits per heavy atom. The van der Waals surface area contributed by atoms with Gasteiger partial charge in [-0.05, 0) is 36.2 Å². The van der Waals surface area contributed by atoms with Gasteiger partial charge >= 0.3 is 6.03 Å². The summed E-state index contributed by atoms with van der Waals surface area (Å²) in [7, 11) is 0. The van der Waals surface area contributed by atoms with E-state index in [4.69, 9.17) is 25.8 Å². The number of fused-ring (bicyclic) bond motifs is 1. The highest BCUT2D eigenvalue weighted by Crippen LogP contribution is 2.36. The second-order valence-corrected chi connectivity index (χ2v) is 8.00. The molecule has 2 aromatic carbocycles. The van der Waals surface area contributed by atoms with E-state index in [1.165, 1.54) is 0 Å². The third-order valence-corrected chi connectivity index (χ3v) is 5.68. The van der Waals surface area contributed by atoms with E-state index in [-0.39, 0.29) is 19.8 Å². The first-order chi connectivity index (χ1) is 14.9. The topological polar surface area (TPSA) is 97.3 Å². The summed E-state index contributed by atoms with van der Waals surface area (Å²) in [5.41, 5.74) is 0.0880. The van der Waals surface area contributed by atoms with Crippen molar-refractivity contribution in [2.45, 2.75) is 25.2 Å². The van der Waals surface area contributed by atoms with Gasteiger partial charge in [-0.3, -0.25) is 9.69 Å². The molecule has 2 unspecified atom stereocenters. The summed E-state index contributed by atoms with van der Waals surface area (Å²) in [6.07, 6.45) is -1.04. The Morgan fingerprint density at radius 2 is 1.94 bits per heavy atom. The van der Waals surface area contributed by atoms with Gasteiger partial charge in [-0.2, -0.15) is 0 Å². The van der Waals surface area contributed by atoms with Crippen molar-refractivity contribution in [1.82, 2.24) is 10.2 Å². The van der Waals surface area contributed by atoms with Crippen molar-refractivity contribution in [1.29, 1.82) is 0 Å². The summed E-state index contributed by atoms with van der Waals surface area (Å²) in [5, 5.41) is 13.6. The number of aliphatic hydroxyl groups excluding tert-OH is 1. The van der Waals surface area contributed by atoms with Crippen LogP contribution in [0.2, 0.25) is 5.02 Å². The number of nitrogens with zero attached hydrogens (tertiary/aromatic N) is 1. The van der Waals surface area contributed by atoms with Crippen LogP contribution < -0.4 is 14.8 Å². The van der Waals surface area contributed by atoms with Crippen molar-refractivity contribution in [2.24, 2.45) is 0 Å². The van der Waals surface area contributed by atoms with E-state index in [2.05, 4.69) is 5.32 Å². The summed E-state index contributed by atoms with van der Waals surface area (Å²) in [6.45, 7) is 2.48. The number of ether oxygens (including phenoxy) is 3. The first kappa shape index (κ1) is 21.4. The van der Waals surface area contributed by atoms with E-state index in [1.54, 1.807) is 31.2 Å². The molecule has 0 saturated carbocycles. The lowest BCUT2D eigenvalue weighted by Crippen LogP contribution is -2.42. The summed E-state index contributed by atoms with van der Waals surface area (Å²) < 4.78 is 16.6. The van der Waals surface area contributed by atoms with E-state index in [0.717, 1.165) is 10.5 Å². The van der Waals surface area contributed by atoms with Gasteiger partial charge in [0, 0.05) is 5.02 Å². The first-order valence-corrected chi connectivity index (χ1v) is 10.3. The lowest BCUT2D eigenvalue weighted by atomic mass is 9.91. The smallest absolute Gasteiger partial charge is 0.325 e. The zero-order valence-electron chi connectivity index (χ0n) is 17.0. The fraction of sp³-hybridized carbons (Fsp3) is 0.364. The number of carbonyl (C=O) groups is 2. The number of β-amino-alcohol motifs (C(OH)–C–C–N with tert-alkyl or cyclic N) is 1. The molecule has 2 atom stereocenters. The Morgan fingerprint density at radius 3 is 2.71 bits per heavy atom. The third kappa shape index (κ3) is 4.32. The van der Waals surface area contributed by atoms with E-state index >= 15 is 0 Å². The lowest BCUT2D eigenvalue weighted by molar-refractivity contribution is -0.132. The molecular formula is C22H23ClN2O6. The van der Waals surface area contributed by atoms with Gasteiger partial charge in [0.15, 0.2) is 11.5 Å². The van der Waals surface area contributed by atoms with Crippen LogP contribution in [0.1, 0.15) is 18.1 Å². The number of aliphatic hydroxyl groups is 1. The van der Waals surface area contributed by atoms with E-state index in [0.29, 0.717) is 35.3 Å². The van der Waals surface area contributed by atoms with Crippen LogP contribution in [0.15, 0.2) is 42.5 Å². The second-order valence-electron chi connectivity index (χ2n) is 7.59. The van der Waals surface area contributed by atoms with Crippen LogP contribution in [0.25, 0.3) is 0 Å². The maximum atomic E-state index is 13.1. The molecule has 0 spiro atoms. The number of halogens is 1. The summed E-state index contributed by atoms with van der Waals surface area (Å²) >= 11 is 6.08. The van der Waals surface area contributed by atoms with Crippen LogP contribution in [0.4, 0.5) is 4.79 Å². The number of nitrogens with one attached hydrogen (secondary N) is 1. The molecule has 0 radical (unpaired) electrons. The number of urea groups is 1. The Labute approximate surface area is 184 Å². The normalized spacial score (nSPS) is 21.2. The van der Waals surface area contributed by atoms with Crippen LogP contribution in [0, 0.1) is 0 Å². The maximum Gasteiger partial charge on any atom is 0.325 e. The molecule has 0 aliphatic carbocycles. The zero-order chi connectivity index (χ0) is 22.0. The van der Waals surface area contributed by atoms with Crippen molar-refractivity contribution in [3.63, 3.8) is 0 Å². The third-order valence-electron chi connectivity index (χ3n) is 5.31. The standard InChI is InChI=1S/C22H23ClN2O6/c1-22(15-6-7-18-19(10-15)31-9-8-30-18)20(27)25(21(28)24-22)11-16(26)13-29-12-14-4-2-3-5-17(14)23/h2-7,10,16,26H,8-9,11-13H2,1H3,(H,24,28). The number of hydrogen-bond acceptors (Lipinski definition) is 6. The number of rotatable bonds is 7. The molecule has 0 aromatic heterocycles. The fourth-order valence-electron chi connectivity index (χ4n) is 3.60. The Kier molecular flexibility index (Phi) is 6.04. The van der Waals surface area contributed by atoms with Gasteiger partial charge in [0.2, 0.25) is 0 Å². The summed E-state index contributed by atoms with van der Waals surface area (Å²) in [5.74, 6) is 0.663. The van der Waals surface area contributed by atoms with Gasteiger partial charge in [-0.25, -0.2) is 4.79 Å². The number of hydrogen-bond donors (Lipinski definition) is 2. The number of imide groups is 1. The number of benzene rings is 2. The predicted molar refractivity (Wildman–Crippen MR) is 112 cm³/mol. The molecule has 3 amide bonds. The van der Waals surface area contributed by atoms with Crippen molar-refractivity contribution in [3.8, 4) is 11.5 Å². The van der Waals surface area contributed by atoms with Crippen LogP contribution in [-0.2, 0) is 21.7 Å². The minimum Gasteiger partial charge on any atom is -0.486 e. The highest BCUT2D eigenvalue weighted by atomic mass is 35.5. The quantitative estimate of drug-likeness (QED) is 0.634. The molecule has 2 heterocycles. The highest BCUT2D eigenvalue weighted by molar-refractivity contribution is 6.31. The van der Waals surface area contributed by atoms with Crippen LogP contribution in [-0.4, -0.2) is 54.4 Å². The number of amides is 3. The minimum atomic E-state index is -1.27. The van der Waals surface area contributed by atoms with Crippen molar-refractivity contribution in [2.75, 3.05) is 26.4 Å². The second kappa shape index (κ2) is 8.74. The molecule has 8 nitrogen and oxygen atoms in total. The molecule has 1 fully saturated rings. The zero-order valence-corrected chi connectivity index (χ0v) is 17.7. The van der Waals surface area contributed by atoms with Crippen molar-refractivity contribution in [3.05, 3.63) is 58.6 Å². The molecule has 9 heteroatoms. The van der Waals surface area contributed by atoms with Gasteiger partial charge < -0.3 is 24.6 Å². The summed E-state index contributed by atoms with van der Waals surface area (Å²) in [4.78, 5) is 26.6. The first-order valence-electron chi connectivity index (χ1n) is 9.92. The molecule has 2 N–H and O–H groups in total. The average Bonchev–Trinajstić information content (AvgIpc) is 2.98. The summed E-state index contributed by atoms with van der Waals surface area (Å²) in [6, 6.07) is 11.8. The molecular weight excluding hydrogens is 424 g/mol. The Balaban J connectivity index is 1.39. The molecule has 2 aliphatic rings. The number of carbonyl (C=O) groups excluding carboxylic acids is 2. The maximum absolute atomic E-state index is 13.1. The molecule has 2 aromatic rings. The van der Waals surface area contributed by atoms with Crippen molar-refractivity contribution < 1.29 is 28.9 Å². The average molecular weight is 447 g/mol. The predicted octanol–water partition coefficient (Wildman–Crippen LogP) is 2.46. The van der Waals surface area contributed by atoms with Gasteiger partial charge in [0.25, 0.3) is 5.91 Å². The molecule has 31 heavy (non-hydrogen) atoms. The van der Waals surface area contributed by atoms with Gasteiger partial charge in [0.05, 0.1) is 25.9 Å². The van der Waals surface area contributed by atoms with Gasteiger partial charge in [-0.15, -0.1) is 0 Å². The molecule has 1 saturated heterocycles.